The van der Waals surface area contributed by atoms with Gasteiger partial charge >= 0.3 is 39.5 Å². The lowest BCUT2D eigenvalue weighted by atomic mass is 10.0. The summed E-state index contributed by atoms with van der Waals surface area (Å²) in [6, 6.07) is 0. The maximum atomic E-state index is 13.1. The Hall–Kier alpha value is -1.94. The van der Waals surface area contributed by atoms with Crippen molar-refractivity contribution in [2.75, 3.05) is 39.6 Å². The number of carbonyl (C=O) groups is 4. The smallest absolute Gasteiger partial charge is 0.462 e. The Labute approximate surface area is 594 Å². The first-order valence-electron chi connectivity index (χ1n) is 40.6. The summed E-state index contributed by atoms with van der Waals surface area (Å²) in [5, 5.41) is 10.6. The summed E-state index contributed by atoms with van der Waals surface area (Å²) < 4.78 is 68.6. The van der Waals surface area contributed by atoms with Crippen LogP contribution in [-0.4, -0.2) is 96.7 Å². The van der Waals surface area contributed by atoms with E-state index in [-0.39, 0.29) is 25.7 Å². The molecule has 0 aliphatic heterocycles. The first kappa shape index (κ1) is 95.1. The van der Waals surface area contributed by atoms with Gasteiger partial charge in [-0.1, -0.05) is 362 Å². The Morgan fingerprint density at radius 3 is 0.701 bits per heavy atom. The number of unbranched alkanes of at least 4 members (excludes halogenated alkanes) is 50. The van der Waals surface area contributed by atoms with Gasteiger partial charge in [0.2, 0.25) is 0 Å². The number of ether oxygens (including phenoxy) is 4. The highest BCUT2D eigenvalue weighted by molar-refractivity contribution is 7.47. The Balaban J connectivity index is 5.20. The number of hydrogen-bond acceptors (Lipinski definition) is 15. The summed E-state index contributed by atoms with van der Waals surface area (Å²) in [6.45, 7) is 7.25. The first-order valence-corrected chi connectivity index (χ1v) is 43.6. The van der Waals surface area contributed by atoms with E-state index in [0.29, 0.717) is 31.6 Å². The molecule has 19 heteroatoms. The average Bonchev–Trinajstić information content (AvgIpc) is 1.11. The van der Waals surface area contributed by atoms with Crippen LogP contribution in [0.25, 0.3) is 0 Å². The molecule has 2 unspecified atom stereocenters. The van der Waals surface area contributed by atoms with Gasteiger partial charge in [0.1, 0.15) is 19.3 Å². The van der Waals surface area contributed by atoms with E-state index in [0.717, 1.165) is 96.3 Å². The van der Waals surface area contributed by atoms with E-state index < -0.39 is 97.5 Å². The first-order chi connectivity index (χ1) is 47.0. The number of hydrogen-bond donors (Lipinski definition) is 3. The summed E-state index contributed by atoms with van der Waals surface area (Å²) in [5.74, 6) is -1.41. The van der Waals surface area contributed by atoms with Crippen LogP contribution in [0.5, 0.6) is 0 Å². The molecule has 0 heterocycles. The minimum Gasteiger partial charge on any atom is -0.462 e. The topological polar surface area (TPSA) is 237 Å². The molecule has 0 rings (SSSR count). The lowest BCUT2D eigenvalue weighted by molar-refractivity contribution is -0.161. The van der Waals surface area contributed by atoms with Crippen molar-refractivity contribution in [2.45, 2.75) is 432 Å². The molecule has 0 spiro atoms. The molecule has 3 N–H and O–H groups in total. The van der Waals surface area contributed by atoms with Gasteiger partial charge in [0.15, 0.2) is 12.2 Å². The second-order valence-electron chi connectivity index (χ2n) is 28.6. The van der Waals surface area contributed by atoms with Gasteiger partial charge in [0, 0.05) is 25.7 Å². The van der Waals surface area contributed by atoms with Gasteiger partial charge in [-0.15, -0.1) is 0 Å². The molecule has 0 aliphatic carbocycles. The van der Waals surface area contributed by atoms with E-state index in [9.17, 15) is 43.2 Å². The zero-order valence-electron chi connectivity index (χ0n) is 63.2. The number of aliphatic hydroxyl groups is 1. The SMILES string of the molecule is CCCCCCCCCCCCCCCCCCCCCCCC(=O)O[C@H](COC(=O)CCCCCCCCCCCCCCC)COP(=O)(O)OC[C@@H](O)COP(=O)(O)OC[C@@H](COC(=O)CCCCCCCCCC(C)C)OC(=O)CCCCCCCCCCCCCCC. The van der Waals surface area contributed by atoms with Crippen LogP contribution in [-0.2, 0) is 65.4 Å². The van der Waals surface area contributed by atoms with Gasteiger partial charge < -0.3 is 33.8 Å². The number of aliphatic hydroxyl groups excluding tert-OH is 1. The second-order valence-corrected chi connectivity index (χ2v) is 31.5. The normalized spacial score (nSPS) is 13.9. The largest absolute Gasteiger partial charge is 0.472 e. The van der Waals surface area contributed by atoms with Gasteiger partial charge in [0.25, 0.3) is 0 Å². The van der Waals surface area contributed by atoms with Crippen LogP contribution in [0.3, 0.4) is 0 Å². The molecule has 0 saturated heterocycles. The molecule has 0 aromatic heterocycles. The highest BCUT2D eigenvalue weighted by Crippen LogP contribution is 2.45. The fraction of sp³-hybridized carbons (Fsp3) is 0.949. The summed E-state index contributed by atoms with van der Waals surface area (Å²) in [5.41, 5.74) is 0. The minimum absolute atomic E-state index is 0.107. The van der Waals surface area contributed by atoms with E-state index in [1.807, 2.05) is 0 Å². The van der Waals surface area contributed by atoms with Crippen LogP contribution >= 0.6 is 15.6 Å². The molecule has 0 aliphatic rings. The molecule has 0 aromatic rings. The molecule has 17 nitrogen and oxygen atoms in total. The van der Waals surface area contributed by atoms with Crippen LogP contribution in [0, 0.1) is 5.92 Å². The Kier molecular flexibility index (Phi) is 69.6. The molecule has 576 valence electrons. The van der Waals surface area contributed by atoms with Crippen molar-refractivity contribution in [3.8, 4) is 0 Å². The Morgan fingerprint density at radius 2 is 0.474 bits per heavy atom. The second kappa shape index (κ2) is 71.1. The van der Waals surface area contributed by atoms with Crippen molar-refractivity contribution < 1.29 is 80.2 Å². The highest BCUT2D eigenvalue weighted by Gasteiger charge is 2.30. The van der Waals surface area contributed by atoms with Crippen LogP contribution in [0.1, 0.15) is 413 Å². The number of carbonyl (C=O) groups excluding carboxylic acids is 4. The van der Waals surface area contributed by atoms with Crippen LogP contribution in [0.15, 0.2) is 0 Å². The zero-order valence-corrected chi connectivity index (χ0v) is 65.0. The quantitative estimate of drug-likeness (QED) is 0.0222. The molecule has 0 radical (unpaired) electrons. The minimum atomic E-state index is -4.96. The average molecular weight is 1420 g/mol. The van der Waals surface area contributed by atoms with E-state index in [2.05, 4.69) is 34.6 Å². The number of phosphoric acid groups is 2. The highest BCUT2D eigenvalue weighted by atomic mass is 31.2. The Morgan fingerprint density at radius 1 is 0.278 bits per heavy atom. The summed E-state index contributed by atoms with van der Waals surface area (Å²) in [6.07, 6.45) is 61.1. The summed E-state index contributed by atoms with van der Waals surface area (Å²) in [7, 11) is -9.91. The van der Waals surface area contributed by atoms with Crippen molar-refractivity contribution in [3.63, 3.8) is 0 Å². The fourth-order valence-corrected chi connectivity index (χ4v) is 13.6. The van der Waals surface area contributed by atoms with E-state index in [1.165, 1.54) is 231 Å². The monoisotopic (exact) mass is 1420 g/mol. The molecule has 5 atom stereocenters. The van der Waals surface area contributed by atoms with E-state index in [4.69, 9.17) is 37.0 Å². The van der Waals surface area contributed by atoms with Crippen LogP contribution < -0.4 is 0 Å². The van der Waals surface area contributed by atoms with Gasteiger partial charge in [-0.2, -0.15) is 0 Å². The number of rotatable bonds is 78. The number of esters is 4. The standard InChI is InChI=1S/C78H152O17P2/c1-6-9-12-15-18-21-24-27-28-29-30-31-32-33-34-37-40-43-48-54-59-64-78(83)94-73(67-88-75(80)61-56-51-46-41-38-35-25-22-19-16-13-10-7-2)69-92-96(84,85)90-65-72(79)66-91-97(86,87)93-70-74(68-89-76(81)62-57-52-49-44-45-50-55-60-71(4)5)95-77(82)63-58-53-47-42-39-36-26-23-20-17-14-11-8-3/h71-74,79H,6-70H2,1-5H3,(H,84,85)(H,86,87)/t72-,73-,74-/m1/s1. The third-order valence-electron chi connectivity index (χ3n) is 18.3. The van der Waals surface area contributed by atoms with Crippen molar-refractivity contribution in [2.24, 2.45) is 5.92 Å². The van der Waals surface area contributed by atoms with Gasteiger partial charge in [-0.3, -0.25) is 37.3 Å². The van der Waals surface area contributed by atoms with Gasteiger partial charge in [-0.05, 0) is 31.6 Å². The molecule has 0 fully saturated rings. The summed E-state index contributed by atoms with van der Waals surface area (Å²) in [4.78, 5) is 72.8. The third-order valence-corrected chi connectivity index (χ3v) is 20.2. The summed E-state index contributed by atoms with van der Waals surface area (Å²) >= 11 is 0. The molecular weight excluding hydrogens is 1270 g/mol. The predicted octanol–water partition coefficient (Wildman–Crippen LogP) is 23.3. The number of phosphoric ester groups is 2. The van der Waals surface area contributed by atoms with Crippen molar-refractivity contribution >= 4 is 39.5 Å². The fourth-order valence-electron chi connectivity index (χ4n) is 12.1. The van der Waals surface area contributed by atoms with E-state index >= 15 is 0 Å². The maximum absolute atomic E-state index is 13.1. The van der Waals surface area contributed by atoms with Crippen molar-refractivity contribution in [1.29, 1.82) is 0 Å². The molecule has 0 amide bonds. The van der Waals surface area contributed by atoms with Gasteiger partial charge in [-0.25, -0.2) is 9.13 Å². The Bertz CT molecular complexity index is 1860. The van der Waals surface area contributed by atoms with Crippen molar-refractivity contribution in [3.05, 3.63) is 0 Å². The van der Waals surface area contributed by atoms with Crippen LogP contribution in [0.2, 0.25) is 0 Å². The van der Waals surface area contributed by atoms with Crippen LogP contribution in [0.4, 0.5) is 0 Å². The molecule has 0 aromatic carbocycles. The van der Waals surface area contributed by atoms with Crippen molar-refractivity contribution in [1.82, 2.24) is 0 Å². The lowest BCUT2D eigenvalue weighted by Crippen LogP contribution is -2.30. The molecule has 97 heavy (non-hydrogen) atoms. The lowest BCUT2D eigenvalue weighted by Gasteiger charge is -2.21. The maximum Gasteiger partial charge on any atom is 0.472 e. The van der Waals surface area contributed by atoms with Gasteiger partial charge in [0.05, 0.1) is 26.4 Å². The third kappa shape index (κ3) is 72.2. The zero-order chi connectivity index (χ0) is 71.2. The molecular formula is C78H152O17P2. The predicted molar refractivity (Wildman–Crippen MR) is 395 cm³/mol. The molecule has 0 saturated carbocycles. The molecule has 0 bridgehead atoms. The van der Waals surface area contributed by atoms with E-state index in [1.54, 1.807) is 0 Å².